The average molecular weight is 274 g/mol. The second-order valence-electron chi connectivity index (χ2n) is 5.95. The Labute approximate surface area is 120 Å². The fourth-order valence-electron chi connectivity index (χ4n) is 3.06. The Kier molecular flexibility index (Phi) is 3.64. The van der Waals surface area contributed by atoms with Crippen LogP contribution in [0.5, 0.6) is 0 Å². The number of carbonyl (C=O) groups excluding carboxylic acids is 1. The van der Waals surface area contributed by atoms with E-state index in [0.717, 1.165) is 43.6 Å². The number of aryl methyl sites for hydroxylation is 3. The minimum atomic E-state index is -0.237. The van der Waals surface area contributed by atoms with Gasteiger partial charge in [0.1, 0.15) is 0 Å². The topological polar surface area (TPSA) is 42.4 Å². The summed E-state index contributed by atoms with van der Waals surface area (Å²) in [5.41, 5.74) is 4.61. The molecule has 1 aliphatic heterocycles. The molecule has 0 fully saturated rings. The van der Waals surface area contributed by atoms with Gasteiger partial charge in [0.25, 0.3) is 0 Å². The molecule has 1 aliphatic carbocycles. The molecule has 0 aromatic carbocycles. The molecular weight excluding hydrogens is 252 g/mol. The summed E-state index contributed by atoms with van der Waals surface area (Å²) < 4.78 is 5.35. The van der Waals surface area contributed by atoms with Gasteiger partial charge in [-0.3, -0.25) is 9.88 Å². The number of fused-ring (bicyclic) bond motifs is 2. The van der Waals surface area contributed by atoms with Gasteiger partial charge < -0.3 is 4.74 Å². The van der Waals surface area contributed by atoms with Crippen LogP contribution in [0.1, 0.15) is 50.1 Å². The summed E-state index contributed by atoms with van der Waals surface area (Å²) in [5, 5.41) is 0. The number of ether oxygens (including phenoxy) is 1. The maximum Gasteiger partial charge on any atom is 0.414 e. The largest absolute Gasteiger partial charge is 0.446 e. The van der Waals surface area contributed by atoms with E-state index in [4.69, 9.17) is 9.72 Å². The van der Waals surface area contributed by atoms with E-state index in [1.807, 2.05) is 13.8 Å². The van der Waals surface area contributed by atoms with E-state index in [-0.39, 0.29) is 12.2 Å². The molecule has 1 aromatic heterocycles. The molecule has 1 amide bonds. The van der Waals surface area contributed by atoms with Crippen LogP contribution in [0, 0.1) is 0 Å². The summed E-state index contributed by atoms with van der Waals surface area (Å²) in [5.74, 6) is 0. The molecule has 0 saturated carbocycles. The molecule has 1 aromatic rings. The van der Waals surface area contributed by atoms with Gasteiger partial charge in [0.05, 0.1) is 17.5 Å². The van der Waals surface area contributed by atoms with Crippen LogP contribution in [0.2, 0.25) is 0 Å². The smallest absolute Gasteiger partial charge is 0.414 e. The number of nitrogens with zero attached hydrogens (tertiary/aromatic N) is 2. The van der Waals surface area contributed by atoms with Crippen molar-refractivity contribution in [3.8, 4) is 0 Å². The molecule has 4 nitrogen and oxygen atoms in total. The molecule has 0 N–H and O–H groups in total. The number of aromatic nitrogens is 1. The van der Waals surface area contributed by atoms with Crippen molar-refractivity contribution in [2.24, 2.45) is 0 Å². The number of carbonyl (C=O) groups is 1. The lowest BCUT2D eigenvalue weighted by atomic mass is 9.93. The molecule has 2 heterocycles. The number of hydrogen-bond donors (Lipinski definition) is 0. The van der Waals surface area contributed by atoms with Crippen molar-refractivity contribution < 1.29 is 9.53 Å². The van der Waals surface area contributed by atoms with Gasteiger partial charge in [-0.05, 0) is 64.0 Å². The van der Waals surface area contributed by atoms with Gasteiger partial charge in [0, 0.05) is 12.2 Å². The fourth-order valence-corrected chi connectivity index (χ4v) is 3.06. The second kappa shape index (κ2) is 5.43. The van der Waals surface area contributed by atoms with Crippen molar-refractivity contribution in [2.75, 3.05) is 11.4 Å². The molecule has 20 heavy (non-hydrogen) atoms. The van der Waals surface area contributed by atoms with E-state index >= 15 is 0 Å². The molecular formula is C16H22N2O2. The van der Waals surface area contributed by atoms with Crippen molar-refractivity contribution >= 4 is 11.8 Å². The Morgan fingerprint density at radius 3 is 2.75 bits per heavy atom. The molecule has 3 rings (SSSR count). The highest BCUT2D eigenvalue weighted by atomic mass is 16.6. The molecule has 2 aliphatic rings. The fraction of sp³-hybridized carbons (Fsp3) is 0.625. The maximum absolute atomic E-state index is 12.2. The van der Waals surface area contributed by atoms with Crippen LogP contribution in [0.25, 0.3) is 0 Å². The van der Waals surface area contributed by atoms with Crippen molar-refractivity contribution in [2.45, 2.75) is 58.5 Å². The highest BCUT2D eigenvalue weighted by molar-refractivity contribution is 5.89. The highest BCUT2D eigenvalue weighted by Gasteiger charge is 2.27. The van der Waals surface area contributed by atoms with E-state index in [0.29, 0.717) is 0 Å². The van der Waals surface area contributed by atoms with Crippen LogP contribution in [-0.2, 0) is 24.0 Å². The first-order chi connectivity index (χ1) is 9.65. The van der Waals surface area contributed by atoms with Crippen LogP contribution in [0.4, 0.5) is 10.5 Å². The van der Waals surface area contributed by atoms with Gasteiger partial charge in [-0.25, -0.2) is 4.79 Å². The number of amides is 1. The minimum absolute atomic E-state index is 0.0848. The zero-order chi connectivity index (χ0) is 14.1. The first-order valence-electron chi connectivity index (χ1n) is 7.65. The molecule has 0 atom stereocenters. The van der Waals surface area contributed by atoms with E-state index in [1.54, 1.807) is 4.90 Å². The summed E-state index contributed by atoms with van der Waals surface area (Å²) in [7, 11) is 0. The first-order valence-corrected chi connectivity index (χ1v) is 7.65. The summed E-state index contributed by atoms with van der Waals surface area (Å²) in [6.45, 7) is 4.50. The number of rotatable bonds is 1. The van der Waals surface area contributed by atoms with Crippen molar-refractivity contribution in [1.82, 2.24) is 4.98 Å². The quantitative estimate of drug-likeness (QED) is 0.789. The number of anilines is 1. The third-order valence-electron chi connectivity index (χ3n) is 4.00. The maximum atomic E-state index is 12.2. The van der Waals surface area contributed by atoms with Gasteiger partial charge in [0.15, 0.2) is 0 Å². The Balaban J connectivity index is 1.93. The van der Waals surface area contributed by atoms with Gasteiger partial charge in [-0.1, -0.05) is 0 Å². The monoisotopic (exact) mass is 274 g/mol. The number of hydrogen-bond acceptors (Lipinski definition) is 3. The van der Waals surface area contributed by atoms with Crippen LogP contribution >= 0.6 is 0 Å². The van der Waals surface area contributed by atoms with Gasteiger partial charge in [-0.15, -0.1) is 0 Å². The zero-order valence-electron chi connectivity index (χ0n) is 12.3. The third kappa shape index (κ3) is 2.51. The molecule has 0 spiro atoms. The van der Waals surface area contributed by atoms with Gasteiger partial charge in [0.2, 0.25) is 0 Å². The molecule has 108 valence electrons. The van der Waals surface area contributed by atoms with Crippen LogP contribution in [0.3, 0.4) is 0 Å². The average Bonchev–Trinajstić information content (AvgIpc) is 2.43. The van der Waals surface area contributed by atoms with E-state index < -0.39 is 0 Å². The van der Waals surface area contributed by atoms with Crippen molar-refractivity contribution in [3.05, 3.63) is 23.0 Å². The Hall–Kier alpha value is -1.58. The summed E-state index contributed by atoms with van der Waals surface area (Å²) in [6.07, 6.45) is 6.24. The molecule has 4 heteroatoms. The highest BCUT2D eigenvalue weighted by Crippen LogP contribution is 2.31. The lowest BCUT2D eigenvalue weighted by Crippen LogP contribution is -2.37. The summed E-state index contributed by atoms with van der Waals surface area (Å²) in [6, 6.07) is 2.18. The molecule has 0 saturated heterocycles. The van der Waals surface area contributed by atoms with Gasteiger partial charge in [-0.2, -0.15) is 0 Å². The van der Waals surface area contributed by atoms with Gasteiger partial charge >= 0.3 is 6.09 Å². The van der Waals surface area contributed by atoms with Crippen LogP contribution < -0.4 is 4.90 Å². The van der Waals surface area contributed by atoms with E-state index in [9.17, 15) is 4.79 Å². The standard InChI is InChI=1S/C16H22N2O2/c1-11(2)20-16(19)18-9-5-8-14-15(18)10-12-6-3-4-7-13(12)17-14/h10-11H,3-9H2,1-2H3. The van der Waals surface area contributed by atoms with Crippen molar-refractivity contribution in [1.29, 1.82) is 0 Å². The lowest BCUT2D eigenvalue weighted by molar-refractivity contribution is 0.122. The normalized spacial score (nSPS) is 17.6. The van der Waals surface area contributed by atoms with E-state index in [2.05, 4.69) is 6.07 Å². The molecule has 0 radical (unpaired) electrons. The minimum Gasteiger partial charge on any atom is -0.446 e. The lowest BCUT2D eigenvalue weighted by Gasteiger charge is -2.30. The molecule has 0 unspecified atom stereocenters. The Morgan fingerprint density at radius 1 is 1.20 bits per heavy atom. The Bertz CT molecular complexity index is 525. The zero-order valence-corrected chi connectivity index (χ0v) is 12.3. The predicted molar refractivity (Wildman–Crippen MR) is 78.2 cm³/mol. The summed E-state index contributed by atoms with van der Waals surface area (Å²) >= 11 is 0. The van der Waals surface area contributed by atoms with Crippen LogP contribution in [0.15, 0.2) is 6.07 Å². The second-order valence-corrected chi connectivity index (χ2v) is 5.95. The van der Waals surface area contributed by atoms with E-state index in [1.165, 1.54) is 24.1 Å². The van der Waals surface area contributed by atoms with Crippen molar-refractivity contribution in [3.63, 3.8) is 0 Å². The SMILES string of the molecule is CC(C)OC(=O)N1CCCc2nc3c(cc21)CCCC3. The predicted octanol–water partition coefficient (Wildman–Crippen LogP) is 3.26. The Morgan fingerprint density at radius 2 is 1.95 bits per heavy atom. The third-order valence-corrected chi connectivity index (χ3v) is 4.00. The molecule has 0 bridgehead atoms. The number of pyridine rings is 1. The summed E-state index contributed by atoms with van der Waals surface area (Å²) in [4.78, 5) is 18.8. The van der Waals surface area contributed by atoms with Crippen LogP contribution in [-0.4, -0.2) is 23.7 Å². The first kappa shape index (κ1) is 13.4.